The van der Waals surface area contributed by atoms with Crippen molar-refractivity contribution in [2.24, 2.45) is 5.73 Å². The Hall–Kier alpha value is -2.11. The maximum absolute atomic E-state index is 13.1. The maximum atomic E-state index is 13.1. The maximum Gasteiger partial charge on any atom is 0.256 e. The number of hydrogen-bond donors (Lipinski definition) is 2. The van der Waals surface area contributed by atoms with Crippen molar-refractivity contribution in [2.75, 3.05) is 19.3 Å². The number of anilines is 1. The van der Waals surface area contributed by atoms with E-state index in [1.807, 2.05) is 0 Å². The first-order chi connectivity index (χ1) is 7.43. The van der Waals surface area contributed by atoms with Gasteiger partial charge in [0.25, 0.3) is 5.91 Å². The summed E-state index contributed by atoms with van der Waals surface area (Å²) in [7, 11) is 1.39. The van der Waals surface area contributed by atoms with Crippen LogP contribution in [0.5, 0.6) is 0 Å². The van der Waals surface area contributed by atoms with Gasteiger partial charge in [-0.15, -0.1) is 0 Å². The van der Waals surface area contributed by atoms with Crippen LogP contribution in [0.2, 0.25) is 0 Å². The lowest BCUT2D eigenvalue weighted by molar-refractivity contribution is -0.118. The average Bonchev–Trinajstić information content (AvgIpc) is 2.20. The van der Waals surface area contributed by atoms with Gasteiger partial charge in [-0.1, -0.05) is 6.07 Å². The average molecular weight is 225 g/mol. The second kappa shape index (κ2) is 4.61. The van der Waals surface area contributed by atoms with Crippen LogP contribution >= 0.6 is 0 Å². The minimum Gasteiger partial charge on any atom is -0.396 e. The van der Waals surface area contributed by atoms with Gasteiger partial charge in [0.1, 0.15) is 5.82 Å². The normalized spacial score (nSPS) is 9.88. The number of rotatable bonds is 3. The highest BCUT2D eigenvalue weighted by molar-refractivity contribution is 6.00. The van der Waals surface area contributed by atoms with Crippen molar-refractivity contribution in [3.63, 3.8) is 0 Å². The molecule has 4 N–H and O–H groups in total. The van der Waals surface area contributed by atoms with E-state index in [9.17, 15) is 14.0 Å². The van der Waals surface area contributed by atoms with Crippen molar-refractivity contribution in [3.8, 4) is 0 Å². The number of primary amides is 1. The molecule has 6 heteroatoms. The molecule has 0 atom stereocenters. The van der Waals surface area contributed by atoms with Gasteiger partial charge in [-0.05, 0) is 12.1 Å². The van der Waals surface area contributed by atoms with E-state index in [2.05, 4.69) is 0 Å². The summed E-state index contributed by atoms with van der Waals surface area (Å²) in [5, 5.41) is 0. The van der Waals surface area contributed by atoms with E-state index in [-0.39, 0.29) is 17.8 Å². The number of nitrogens with two attached hydrogens (primary N) is 2. The number of likely N-dealkylation sites (N-methyl/N-ethyl adjacent to an activating group) is 1. The third-order valence-electron chi connectivity index (χ3n) is 2.02. The standard InChI is InChI=1S/C10H12FN3O2/c1-14(5-8(12)15)10(16)6-3-2-4-7(11)9(6)13/h2-4H,5,13H2,1H3,(H2,12,15). The number of carbonyl (C=O) groups excluding carboxylic acids is 2. The van der Waals surface area contributed by atoms with Gasteiger partial charge in [0.05, 0.1) is 17.8 Å². The van der Waals surface area contributed by atoms with Crippen LogP contribution < -0.4 is 11.5 Å². The van der Waals surface area contributed by atoms with E-state index in [1.54, 1.807) is 0 Å². The number of halogens is 1. The molecule has 0 heterocycles. The van der Waals surface area contributed by atoms with Crippen molar-refractivity contribution < 1.29 is 14.0 Å². The molecule has 0 saturated heterocycles. The zero-order valence-electron chi connectivity index (χ0n) is 8.74. The Kier molecular flexibility index (Phi) is 3.44. The third kappa shape index (κ3) is 2.47. The van der Waals surface area contributed by atoms with Crippen LogP contribution in [-0.2, 0) is 4.79 Å². The highest BCUT2D eigenvalue weighted by Gasteiger charge is 2.17. The van der Waals surface area contributed by atoms with E-state index in [1.165, 1.54) is 19.2 Å². The fourth-order valence-electron chi connectivity index (χ4n) is 1.23. The van der Waals surface area contributed by atoms with Crippen LogP contribution in [0.4, 0.5) is 10.1 Å². The molecule has 86 valence electrons. The van der Waals surface area contributed by atoms with Crippen molar-refractivity contribution in [2.45, 2.75) is 0 Å². The molecule has 0 bridgehead atoms. The second-order valence-corrected chi connectivity index (χ2v) is 3.33. The largest absolute Gasteiger partial charge is 0.396 e. The molecule has 0 spiro atoms. The predicted molar refractivity (Wildman–Crippen MR) is 57.0 cm³/mol. The van der Waals surface area contributed by atoms with Crippen molar-refractivity contribution in [1.29, 1.82) is 0 Å². The molecule has 5 nitrogen and oxygen atoms in total. The van der Waals surface area contributed by atoms with Crippen LogP contribution in [0.15, 0.2) is 18.2 Å². The van der Waals surface area contributed by atoms with Gasteiger partial charge in [-0.25, -0.2) is 4.39 Å². The van der Waals surface area contributed by atoms with Crippen LogP contribution in [0.3, 0.4) is 0 Å². The molecule has 1 aromatic carbocycles. The lowest BCUT2D eigenvalue weighted by atomic mass is 10.1. The molecule has 2 amide bonds. The van der Waals surface area contributed by atoms with E-state index < -0.39 is 17.6 Å². The van der Waals surface area contributed by atoms with Crippen LogP contribution in [0.25, 0.3) is 0 Å². The van der Waals surface area contributed by atoms with Gasteiger partial charge in [-0.3, -0.25) is 9.59 Å². The minimum absolute atomic E-state index is 0.0174. The fraction of sp³-hybridized carbons (Fsp3) is 0.200. The molecule has 1 aromatic rings. The van der Waals surface area contributed by atoms with Crippen LogP contribution in [-0.4, -0.2) is 30.3 Å². The van der Waals surface area contributed by atoms with E-state index in [0.29, 0.717) is 0 Å². The molecule has 0 aliphatic carbocycles. The lowest BCUT2D eigenvalue weighted by Crippen LogP contribution is -2.35. The van der Waals surface area contributed by atoms with E-state index in [4.69, 9.17) is 11.5 Å². The summed E-state index contributed by atoms with van der Waals surface area (Å²) in [6.45, 7) is -0.241. The number of para-hydroxylation sites is 1. The quantitative estimate of drug-likeness (QED) is 0.707. The topological polar surface area (TPSA) is 89.4 Å². The first kappa shape index (κ1) is 12.0. The van der Waals surface area contributed by atoms with E-state index >= 15 is 0 Å². The molecule has 0 aliphatic heterocycles. The Bertz CT molecular complexity index is 434. The van der Waals surface area contributed by atoms with Crippen molar-refractivity contribution >= 4 is 17.5 Å². The lowest BCUT2D eigenvalue weighted by Gasteiger charge is -2.16. The van der Waals surface area contributed by atoms with Gasteiger partial charge in [0.2, 0.25) is 5.91 Å². The van der Waals surface area contributed by atoms with Crippen LogP contribution in [0, 0.1) is 5.82 Å². The Labute approximate surface area is 91.8 Å². The smallest absolute Gasteiger partial charge is 0.256 e. The summed E-state index contributed by atoms with van der Waals surface area (Å²) in [4.78, 5) is 23.4. The van der Waals surface area contributed by atoms with Gasteiger partial charge < -0.3 is 16.4 Å². The summed E-state index contributed by atoms with van der Waals surface area (Å²) in [6.07, 6.45) is 0. The number of nitrogen functional groups attached to an aromatic ring is 1. The van der Waals surface area contributed by atoms with Gasteiger partial charge in [-0.2, -0.15) is 0 Å². The molecule has 0 aliphatic rings. The number of hydrogen-bond acceptors (Lipinski definition) is 3. The fourth-order valence-corrected chi connectivity index (χ4v) is 1.23. The SMILES string of the molecule is CN(CC(N)=O)C(=O)c1cccc(F)c1N. The van der Waals surface area contributed by atoms with Crippen LogP contribution in [0.1, 0.15) is 10.4 Å². The second-order valence-electron chi connectivity index (χ2n) is 3.33. The highest BCUT2D eigenvalue weighted by Crippen LogP contribution is 2.17. The number of amides is 2. The summed E-state index contributed by atoms with van der Waals surface area (Å²) < 4.78 is 13.1. The third-order valence-corrected chi connectivity index (χ3v) is 2.02. The van der Waals surface area contributed by atoms with Gasteiger partial charge in [0, 0.05) is 7.05 Å². The molecule has 0 aromatic heterocycles. The number of benzene rings is 1. The number of carbonyl (C=O) groups is 2. The van der Waals surface area contributed by atoms with E-state index in [0.717, 1.165) is 11.0 Å². The zero-order valence-corrected chi connectivity index (χ0v) is 8.74. The molecule has 16 heavy (non-hydrogen) atoms. The molecule has 0 saturated carbocycles. The Morgan fingerprint density at radius 3 is 2.62 bits per heavy atom. The highest BCUT2D eigenvalue weighted by atomic mass is 19.1. The Morgan fingerprint density at radius 1 is 1.44 bits per heavy atom. The predicted octanol–water partition coefficient (Wildman–Crippen LogP) is -0.0348. The zero-order chi connectivity index (χ0) is 12.3. The monoisotopic (exact) mass is 225 g/mol. The molecular weight excluding hydrogens is 213 g/mol. The van der Waals surface area contributed by atoms with Gasteiger partial charge in [0.15, 0.2) is 0 Å². The summed E-state index contributed by atoms with van der Waals surface area (Å²) >= 11 is 0. The summed E-state index contributed by atoms with van der Waals surface area (Å²) in [5.74, 6) is -1.86. The van der Waals surface area contributed by atoms with Crippen molar-refractivity contribution in [1.82, 2.24) is 4.90 Å². The Balaban J connectivity index is 2.96. The Morgan fingerprint density at radius 2 is 2.06 bits per heavy atom. The molecular formula is C10H12FN3O2. The van der Waals surface area contributed by atoms with Crippen molar-refractivity contribution in [3.05, 3.63) is 29.6 Å². The van der Waals surface area contributed by atoms with Gasteiger partial charge >= 0.3 is 0 Å². The molecule has 0 fully saturated rings. The summed E-state index contributed by atoms with van der Waals surface area (Å²) in [5.41, 5.74) is 10.1. The first-order valence-electron chi connectivity index (χ1n) is 4.51. The molecule has 0 radical (unpaired) electrons. The minimum atomic E-state index is -0.668. The number of nitrogens with zero attached hydrogens (tertiary/aromatic N) is 1. The molecule has 0 unspecified atom stereocenters. The summed E-state index contributed by atoms with van der Waals surface area (Å²) in [6, 6.07) is 3.91. The first-order valence-corrected chi connectivity index (χ1v) is 4.51. The molecule has 1 rings (SSSR count).